The summed E-state index contributed by atoms with van der Waals surface area (Å²) >= 11 is 0. The van der Waals surface area contributed by atoms with Crippen LogP contribution in [0.5, 0.6) is 17.2 Å². The van der Waals surface area contributed by atoms with E-state index < -0.39 is 11.2 Å². The molecule has 15 heteroatoms. The van der Waals surface area contributed by atoms with Gasteiger partial charge in [-0.25, -0.2) is 9.59 Å². The Morgan fingerprint density at radius 3 is 1.25 bits per heavy atom. The van der Waals surface area contributed by atoms with Gasteiger partial charge in [0.2, 0.25) is 0 Å². The van der Waals surface area contributed by atoms with Gasteiger partial charge in [0, 0.05) is 105 Å². The van der Waals surface area contributed by atoms with Crippen LogP contribution in [0.4, 0.5) is 9.59 Å². The predicted octanol–water partition coefficient (Wildman–Crippen LogP) is 12.9. The van der Waals surface area contributed by atoms with Crippen molar-refractivity contribution in [1.82, 2.24) is 40.0 Å². The number of hydrogen-bond acceptors (Lipinski definition) is 11. The number of aryl methyl sites for hydroxylation is 3. The quantitative estimate of drug-likeness (QED) is 0.0880. The summed E-state index contributed by atoms with van der Waals surface area (Å²) in [5.74, 6) is 0.788. The summed E-state index contributed by atoms with van der Waals surface area (Å²) in [6.07, 6.45) is -0.481. The Balaban J connectivity index is 0.000000239. The van der Waals surface area contributed by atoms with Crippen LogP contribution in [-0.2, 0) is 22.6 Å². The van der Waals surface area contributed by atoms with Crippen LogP contribution < -0.4 is 0 Å². The third-order valence-electron chi connectivity index (χ3n) is 13.5. The van der Waals surface area contributed by atoms with Crippen LogP contribution in [0.15, 0.2) is 72.8 Å². The molecule has 0 unspecified atom stereocenters. The lowest BCUT2D eigenvalue weighted by molar-refractivity contribution is 0.0129. The molecule has 0 bridgehead atoms. The van der Waals surface area contributed by atoms with Crippen molar-refractivity contribution in [1.29, 1.82) is 0 Å². The number of nitrogens with one attached hydrogen (secondary N) is 2. The van der Waals surface area contributed by atoms with Crippen molar-refractivity contribution in [3.63, 3.8) is 0 Å². The number of rotatable bonds is 10. The number of hydrogen-bond donors (Lipinski definition) is 5. The number of aromatic nitrogens is 4. The molecule has 5 N–H and O–H groups in total. The molecule has 2 amide bonds. The Labute approximate surface area is 451 Å². The summed E-state index contributed by atoms with van der Waals surface area (Å²) in [5, 5.41) is 46.9. The van der Waals surface area contributed by atoms with Crippen LogP contribution in [0.2, 0.25) is 0 Å². The van der Waals surface area contributed by atoms with Crippen molar-refractivity contribution in [2.45, 2.75) is 140 Å². The van der Waals surface area contributed by atoms with Gasteiger partial charge in [-0.3, -0.25) is 20.0 Å². The predicted molar refractivity (Wildman–Crippen MR) is 304 cm³/mol. The molecule has 4 heterocycles. The van der Waals surface area contributed by atoms with E-state index in [2.05, 4.69) is 98.6 Å². The highest BCUT2D eigenvalue weighted by Gasteiger charge is 2.28. The number of carbonyl (C=O) groups excluding carboxylic acids is 2. The Kier molecular flexibility index (Phi) is 19.1. The number of amides is 2. The van der Waals surface area contributed by atoms with Crippen molar-refractivity contribution in [2.75, 3.05) is 52.4 Å². The molecule has 2 aromatic heterocycles. The van der Waals surface area contributed by atoms with Gasteiger partial charge in [0.25, 0.3) is 0 Å². The maximum atomic E-state index is 12.3. The molecule has 0 saturated carbocycles. The molecular formula is C61H84N8O7. The molecular weight excluding hydrogens is 957 g/mol. The minimum Gasteiger partial charge on any atom is -0.508 e. The van der Waals surface area contributed by atoms with E-state index in [1.807, 2.05) is 102 Å². The molecule has 2 fully saturated rings. The van der Waals surface area contributed by atoms with Gasteiger partial charge >= 0.3 is 12.2 Å². The summed E-state index contributed by atoms with van der Waals surface area (Å²) in [5.41, 5.74) is 13.1. The summed E-state index contributed by atoms with van der Waals surface area (Å²) in [4.78, 5) is 32.9. The molecule has 2 saturated heterocycles. The molecule has 2 aliphatic heterocycles. The van der Waals surface area contributed by atoms with E-state index in [4.69, 9.17) is 9.47 Å². The Hall–Kier alpha value is -6.84. The van der Waals surface area contributed by atoms with Crippen molar-refractivity contribution < 1.29 is 34.4 Å². The van der Waals surface area contributed by atoms with Crippen molar-refractivity contribution in [3.8, 4) is 62.0 Å². The van der Waals surface area contributed by atoms with Crippen LogP contribution in [0, 0.1) is 20.8 Å². The maximum Gasteiger partial charge on any atom is 0.410 e. The van der Waals surface area contributed by atoms with Crippen LogP contribution in [-0.4, -0.2) is 131 Å². The number of ether oxygens (including phenoxy) is 2. The number of nitrogens with zero attached hydrogens (tertiary/aromatic N) is 6. The first-order valence-corrected chi connectivity index (χ1v) is 26.9. The topological polar surface area (TPSA) is 184 Å². The fourth-order valence-electron chi connectivity index (χ4n) is 9.62. The van der Waals surface area contributed by atoms with E-state index in [1.165, 1.54) is 22.8 Å². The number of aromatic hydroxyl groups is 3. The van der Waals surface area contributed by atoms with E-state index in [9.17, 15) is 24.9 Å². The molecule has 6 aromatic rings. The molecule has 4 aromatic carbocycles. The third kappa shape index (κ3) is 14.8. The fraction of sp³-hybridized carbons (Fsp3) is 0.475. The summed E-state index contributed by atoms with van der Waals surface area (Å²) in [6.45, 7) is 37.2. The molecule has 0 radical (unpaired) electrons. The number of H-pyrrole nitrogens is 2. The largest absolute Gasteiger partial charge is 0.508 e. The molecule has 76 heavy (non-hydrogen) atoms. The van der Waals surface area contributed by atoms with Crippen molar-refractivity contribution in [3.05, 3.63) is 112 Å². The Morgan fingerprint density at radius 1 is 0.539 bits per heavy atom. The average Bonchev–Trinajstić information content (AvgIpc) is 3.93. The van der Waals surface area contributed by atoms with Crippen molar-refractivity contribution in [2.24, 2.45) is 0 Å². The summed E-state index contributed by atoms with van der Waals surface area (Å²) in [6, 6.07) is 24.1. The standard InChI is InChI=1S/C30H40N4O3.C29H38N4O4.C2H6/c1-19(2)24-17-25(26(35)16-20(24)3)28-27(21(4)31-32-28)23-10-8-22(9-11-23)18-33-12-14-34(15-13-33)29(36)37-30(5,6)7;1-18(2)22-15-23(25(35)16-24(22)34)27-26(19(3)30-31-27)21-9-7-20(8-10-21)17-32-11-13-33(14-12-32)28(36)37-29(4,5)6;1-2/h8-11,16-17,19,35H,12-15,18H2,1-7H3,(H,31,32);7-10,15-16,18,34-35H,11-14,17H2,1-6H3,(H,30,31);1-2H3. The highest BCUT2D eigenvalue weighted by atomic mass is 16.6. The van der Waals surface area contributed by atoms with Crippen LogP contribution >= 0.6 is 0 Å². The zero-order valence-corrected chi connectivity index (χ0v) is 47.8. The summed E-state index contributed by atoms with van der Waals surface area (Å²) in [7, 11) is 0. The van der Waals surface area contributed by atoms with E-state index in [0.29, 0.717) is 43.4 Å². The zero-order valence-electron chi connectivity index (χ0n) is 47.8. The van der Waals surface area contributed by atoms with E-state index >= 15 is 0 Å². The Bertz CT molecular complexity index is 2700. The van der Waals surface area contributed by atoms with Gasteiger partial charge in [-0.15, -0.1) is 0 Å². The first-order valence-electron chi connectivity index (χ1n) is 26.9. The second-order valence-corrected chi connectivity index (χ2v) is 22.5. The minimum atomic E-state index is -0.485. The maximum absolute atomic E-state index is 12.3. The number of phenolic OH excluding ortho intramolecular Hbond substituents is 3. The lowest BCUT2D eigenvalue weighted by Gasteiger charge is -2.35. The first-order chi connectivity index (χ1) is 35.8. The number of phenols is 3. The van der Waals surface area contributed by atoms with E-state index in [1.54, 1.807) is 9.80 Å². The minimum absolute atomic E-state index is 0.00297. The van der Waals surface area contributed by atoms with Crippen LogP contribution in [0.3, 0.4) is 0 Å². The van der Waals surface area contributed by atoms with Gasteiger partial charge in [-0.05, 0) is 131 Å². The smallest absolute Gasteiger partial charge is 0.410 e. The third-order valence-corrected chi connectivity index (χ3v) is 13.5. The first kappa shape index (κ1) is 58.4. The zero-order chi connectivity index (χ0) is 55.8. The molecule has 0 spiro atoms. The summed E-state index contributed by atoms with van der Waals surface area (Å²) < 4.78 is 11.0. The number of aromatic amines is 2. The molecule has 2 aliphatic rings. The molecule has 410 valence electrons. The molecule has 0 atom stereocenters. The van der Waals surface area contributed by atoms with Crippen LogP contribution in [0.1, 0.15) is 134 Å². The lowest BCUT2D eigenvalue weighted by Crippen LogP contribution is -2.49. The van der Waals surface area contributed by atoms with E-state index in [0.717, 1.165) is 95.3 Å². The van der Waals surface area contributed by atoms with Gasteiger partial charge in [-0.1, -0.05) is 90.1 Å². The Morgan fingerprint density at radius 2 is 0.895 bits per heavy atom. The van der Waals surface area contributed by atoms with Crippen molar-refractivity contribution >= 4 is 12.2 Å². The van der Waals surface area contributed by atoms with Gasteiger partial charge in [0.05, 0.1) is 0 Å². The molecule has 0 aliphatic carbocycles. The van der Waals surface area contributed by atoms with E-state index in [-0.39, 0.29) is 35.4 Å². The molecule has 15 nitrogen and oxygen atoms in total. The van der Waals surface area contributed by atoms with Crippen LogP contribution in [0.25, 0.3) is 44.8 Å². The number of benzene rings is 4. The van der Waals surface area contributed by atoms with Gasteiger partial charge in [0.15, 0.2) is 0 Å². The highest BCUT2D eigenvalue weighted by molar-refractivity contribution is 5.87. The second kappa shape index (κ2) is 24.9. The fourth-order valence-corrected chi connectivity index (χ4v) is 9.62. The van der Waals surface area contributed by atoms with Gasteiger partial charge in [-0.2, -0.15) is 10.2 Å². The van der Waals surface area contributed by atoms with Gasteiger partial charge in [0.1, 0.15) is 39.8 Å². The van der Waals surface area contributed by atoms with Gasteiger partial charge < -0.3 is 34.6 Å². The number of piperazine rings is 2. The monoisotopic (exact) mass is 1040 g/mol. The SMILES string of the molecule is CC.Cc1[nH]nc(-c2cc(C(C)C)c(O)cc2O)c1-c1ccc(CN2CCN(C(=O)OC(C)(C)C)CC2)cc1.Cc1cc(O)c(-c2n[nH]c(C)c2-c2ccc(CN3CCN(C(=O)OC(C)(C)C)CC3)cc2)cc1C(C)C. The second-order valence-electron chi connectivity index (χ2n) is 22.5. The normalized spacial score (nSPS) is 14.5. The highest BCUT2D eigenvalue weighted by Crippen LogP contribution is 2.43. The molecule has 8 rings (SSSR count). The average molecular weight is 1040 g/mol. The number of carbonyl (C=O) groups is 2. The lowest BCUT2D eigenvalue weighted by atomic mass is 9.91.